The van der Waals surface area contributed by atoms with Crippen LogP contribution in [0.5, 0.6) is 0 Å². The van der Waals surface area contributed by atoms with Crippen molar-refractivity contribution in [1.29, 1.82) is 0 Å². The molecule has 11 heavy (non-hydrogen) atoms. The van der Waals surface area contributed by atoms with Crippen molar-refractivity contribution in [2.24, 2.45) is 0 Å². The summed E-state index contributed by atoms with van der Waals surface area (Å²) in [5.41, 5.74) is 4.04. The van der Waals surface area contributed by atoms with Crippen molar-refractivity contribution in [3.63, 3.8) is 0 Å². The van der Waals surface area contributed by atoms with Crippen LogP contribution < -0.4 is 5.43 Å². The number of nitrogens with one attached hydrogen (secondary N) is 1. The van der Waals surface area contributed by atoms with Gasteiger partial charge in [0.15, 0.2) is 0 Å². The van der Waals surface area contributed by atoms with E-state index in [9.17, 15) is 0 Å². The van der Waals surface area contributed by atoms with Crippen molar-refractivity contribution < 1.29 is 0 Å². The third-order valence-corrected chi connectivity index (χ3v) is 1.19. The van der Waals surface area contributed by atoms with Crippen molar-refractivity contribution in [2.75, 3.05) is 14.1 Å². The Labute approximate surface area is 66.2 Å². The van der Waals surface area contributed by atoms with Gasteiger partial charge in [-0.05, 0) is 0 Å². The average molecular weight is 152 g/mol. The van der Waals surface area contributed by atoms with Crippen LogP contribution in [0.1, 0.15) is 5.69 Å². The SMILES string of the molecule is CN(C)NCc1cnccn1. The van der Waals surface area contributed by atoms with E-state index in [1.807, 2.05) is 19.1 Å². The van der Waals surface area contributed by atoms with Gasteiger partial charge in [-0.3, -0.25) is 15.0 Å². The van der Waals surface area contributed by atoms with E-state index in [-0.39, 0.29) is 0 Å². The molecular formula is C7H12N4. The van der Waals surface area contributed by atoms with Gasteiger partial charge in [0.05, 0.1) is 12.2 Å². The Morgan fingerprint density at radius 3 is 2.82 bits per heavy atom. The summed E-state index contributed by atoms with van der Waals surface area (Å²) in [7, 11) is 3.88. The average Bonchev–Trinajstić information content (AvgIpc) is 2.03. The molecule has 0 aliphatic carbocycles. The maximum Gasteiger partial charge on any atom is 0.0738 e. The molecule has 0 bridgehead atoms. The van der Waals surface area contributed by atoms with Crippen LogP contribution in [0.4, 0.5) is 0 Å². The molecule has 0 aliphatic heterocycles. The summed E-state index contributed by atoms with van der Waals surface area (Å²) in [6.45, 7) is 0.723. The number of hydrogen-bond donors (Lipinski definition) is 1. The minimum atomic E-state index is 0.723. The second kappa shape index (κ2) is 4.00. The Morgan fingerprint density at radius 1 is 1.45 bits per heavy atom. The lowest BCUT2D eigenvalue weighted by Crippen LogP contribution is -2.29. The molecule has 0 spiro atoms. The molecule has 4 heteroatoms. The number of hydrogen-bond acceptors (Lipinski definition) is 4. The van der Waals surface area contributed by atoms with Crippen LogP contribution >= 0.6 is 0 Å². The molecule has 1 heterocycles. The molecule has 0 unspecified atom stereocenters. The van der Waals surface area contributed by atoms with Crippen molar-refractivity contribution in [3.8, 4) is 0 Å². The summed E-state index contributed by atoms with van der Waals surface area (Å²) < 4.78 is 0. The van der Waals surface area contributed by atoms with E-state index in [0.29, 0.717) is 0 Å². The highest BCUT2D eigenvalue weighted by Crippen LogP contribution is 1.87. The number of rotatable bonds is 3. The minimum absolute atomic E-state index is 0.723. The molecule has 0 saturated heterocycles. The standard InChI is InChI=1S/C7H12N4/c1-11(2)10-6-7-5-8-3-4-9-7/h3-5,10H,6H2,1-2H3. The molecule has 0 aliphatic rings. The van der Waals surface area contributed by atoms with Gasteiger partial charge in [0, 0.05) is 32.7 Å². The zero-order valence-corrected chi connectivity index (χ0v) is 6.78. The van der Waals surface area contributed by atoms with E-state index in [4.69, 9.17) is 0 Å². The summed E-state index contributed by atoms with van der Waals surface area (Å²) in [6.07, 6.45) is 5.10. The van der Waals surface area contributed by atoms with Gasteiger partial charge >= 0.3 is 0 Å². The predicted molar refractivity (Wildman–Crippen MR) is 42.6 cm³/mol. The molecule has 0 fully saturated rings. The quantitative estimate of drug-likeness (QED) is 0.621. The molecule has 1 aromatic heterocycles. The smallest absolute Gasteiger partial charge is 0.0738 e. The van der Waals surface area contributed by atoms with Gasteiger partial charge in [-0.1, -0.05) is 0 Å². The van der Waals surface area contributed by atoms with Gasteiger partial charge in [0.2, 0.25) is 0 Å². The molecule has 0 saturated carbocycles. The van der Waals surface area contributed by atoms with E-state index in [0.717, 1.165) is 12.2 Å². The van der Waals surface area contributed by atoms with Gasteiger partial charge in [-0.25, -0.2) is 5.43 Å². The molecule has 1 N–H and O–H groups in total. The lowest BCUT2D eigenvalue weighted by atomic mass is 10.5. The van der Waals surface area contributed by atoms with Crippen LogP contribution in [-0.2, 0) is 6.54 Å². The zero-order valence-electron chi connectivity index (χ0n) is 6.78. The van der Waals surface area contributed by atoms with E-state index in [1.165, 1.54) is 0 Å². The first-order valence-electron chi connectivity index (χ1n) is 3.45. The van der Waals surface area contributed by atoms with Crippen molar-refractivity contribution in [3.05, 3.63) is 24.3 Å². The van der Waals surface area contributed by atoms with Crippen LogP contribution in [0.3, 0.4) is 0 Å². The molecule has 0 amide bonds. The molecule has 1 rings (SSSR count). The van der Waals surface area contributed by atoms with Crippen LogP contribution in [-0.4, -0.2) is 29.1 Å². The molecule has 0 atom stereocenters. The first-order chi connectivity index (χ1) is 5.29. The first kappa shape index (κ1) is 8.10. The van der Waals surface area contributed by atoms with E-state index >= 15 is 0 Å². The molecule has 60 valence electrons. The largest absolute Gasteiger partial charge is 0.261 e. The Morgan fingerprint density at radius 2 is 2.27 bits per heavy atom. The summed E-state index contributed by atoms with van der Waals surface area (Å²) >= 11 is 0. The molecule has 0 radical (unpaired) electrons. The summed E-state index contributed by atoms with van der Waals surface area (Å²) in [5, 5.41) is 1.88. The Hall–Kier alpha value is -1.00. The molecule has 0 aromatic carbocycles. The summed E-state index contributed by atoms with van der Waals surface area (Å²) in [4.78, 5) is 8.04. The van der Waals surface area contributed by atoms with Gasteiger partial charge in [-0.2, -0.15) is 0 Å². The lowest BCUT2D eigenvalue weighted by molar-refractivity contribution is 0.284. The number of aromatic nitrogens is 2. The van der Waals surface area contributed by atoms with Gasteiger partial charge < -0.3 is 0 Å². The molecule has 4 nitrogen and oxygen atoms in total. The normalized spacial score (nSPS) is 10.5. The number of hydrazine groups is 1. The maximum atomic E-state index is 4.10. The van der Waals surface area contributed by atoms with Crippen molar-refractivity contribution in [2.45, 2.75) is 6.54 Å². The van der Waals surface area contributed by atoms with Gasteiger partial charge in [0.1, 0.15) is 0 Å². The molecule has 1 aromatic rings. The van der Waals surface area contributed by atoms with Crippen LogP contribution in [0, 0.1) is 0 Å². The lowest BCUT2D eigenvalue weighted by Gasteiger charge is -2.10. The highest BCUT2D eigenvalue weighted by Gasteiger charge is 1.92. The third kappa shape index (κ3) is 3.06. The summed E-state index contributed by atoms with van der Waals surface area (Å²) in [5.74, 6) is 0. The Bertz CT molecular complexity index is 197. The second-order valence-corrected chi connectivity index (χ2v) is 2.43. The van der Waals surface area contributed by atoms with Crippen LogP contribution in [0.2, 0.25) is 0 Å². The fraction of sp³-hybridized carbons (Fsp3) is 0.429. The van der Waals surface area contributed by atoms with Gasteiger partial charge in [-0.15, -0.1) is 0 Å². The highest BCUT2D eigenvalue weighted by molar-refractivity contribution is 4.93. The molecular weight excluding hydrogens is 140 g/mol. The Balaban J connectivity index is 2.39. The van der Waals surface area contributed by atoms with Crippen LogP contribution in [0.15, 0.2) is 18.6 Å². The predicted octanol–water partition coefficient (Wildman–Crippen LogP) is 0.0428. The van der Waals surface area contributed by atoms with Gasteiger partial charge in [0.25, 0.3) is 0 Å². The van der Waals surface area contributed by atoms with E-state index < -0.39 is 0 Å². The first-order valence-corrected chi connectivity index (χ1v) is 3.45. The van der Waals surface area contributed by atoms with Crippen LogP contribution in [0.25, 0.3) is 0 Å². The van der Waals surface area contributed by atoms with Crippen molar-refractivity contribution >= 4 is 0 Å². The van der Waals surface area contributed by atoms with E-state index in [1.54, 1.807) is 18.6 Å². The monoisotopic (exact) mass is 152 g/mol. The Kier molecular flexibility index (Phi) is 2.95. The fourth-order valence-electron chi connectivity index (χ4n) is 0.660. The number of nitrogens with zero attached hydrogens (tertiary/aromatic N) is 3. The summed E-state index contributed by atoms with van der Waals surface area (Å²) in [6, 6.07) is 0. The zero-order chi connectivity index (χ0) is 8.10. The third-order valence-electron chi connectivity index (χ3n) is 1.19. The highest BCUT2D eigenvalue weighted by atomic mass is 15.5. The minimum Gasteiger partial charge on any atom is -0.261 e. The maximum absolute atomic E-state index is 4.10. The van der Waals surface area contributed by atoms with Crippen molar-refractivity contribution in [1.82, 2.24) is 20.4 Å². The topological polar surface area (TPSA) is 41.0 Å². The second-order valence-electron chi connectivity index (χ2n) is 2.43. The fourth-order valence-corrected chi connectivity index (χ4v) is 0.660. The van der Waals surface area contributed by atoms with E-state index in [2.05, 4.69) is 15.4 Å².